The van der Waals surface area contributed by atoms with Crippen LogP contribution in [0.5, 0.6) is 11.5 Å². The van der Waals surface area contributed by atoms with E-state index in [2.05, 4.69) is 21.9 Å². The molecule has 1 unspecified atom stereocenters. The molecule has 1 aromatic carbocycles. The van der Waals surface area contributed by atoms with E-state index < -0.39 is 0 Å². The third kappa shape index (κ3) is 4.04. The zero-order valence-corrected chi connectivity index (χ0v) is 16.8. The van der Waals surface area contributed by atoms with Gasteiger partial charge in [-0.25, -0.2) is 0 Å². The Balaban J connectivity index is 1.42. The summed E-state index contributed by atoms with van der Waals surface area (Å²) < 4.78 is 16.6. The Kier molecular flexibility index (Phi) is 5.90. The molecule has 0 spiro atoms. The highest BCUT2D eigenvalue weighted by atomic mass is 16.5. The molecule has 0 aliphatic carbocycles. The maximum Gasteiger partial charge on any atom is 0.161 e. The lowest BCUT2D eigenvalue weighted by Gasteiger charge is -2.41. The number of hydrogen-bond donors (Lipinski definition) is 1. The second-order valence-corrected chi connectivity index (χ2v) is 7.75. The highest BCUT2D eigenvalue weighted by Crippen LogP contribution is 2.34. The summed E-state index contributed by atoms with van der Waals surface area (Å²) in [6.07, 6.45) is 3.48. The Morgan fingerprint density at radius 2 is 1.82 bits per heavy atom. The molecular formula is C22H30N2O4. The van der Waals surface area contributed by atoms with Gasteiger partial charge in [0, 0.05) is 25.7 Å². The fourth-order valence-electron chi connectivity index (χ4n) is 4.50. The standard InChI is InChI=1S/C22H30N2O4/c1-26-21-10-16-7-9-24(12-17(16)11-22(21)27-2)18-4-3-8-23(13-18)14-19-5-6-20(15-25)28-19/h5-6,10-11,18,25H,3-4,7-9,12-15H2,1-2H3. The molecule has 1 saturated heterocycles. The first-order valence-corrected chi connectivity index (χ1v) is 10.1. The Morgan fingerprint density at radius 3 is 2.54 bits per heavy atom. The number of piperidine rings is 1. The molecular weight excluding hydrogens is 356 g/mol. The molecule has 1 N–H and O–H groups in total. The second kappa shape index (κ2) is 8.55. The van der Waals surface area contributed by atoms with Crippen LogP contribution in [0.15, 0.2) is 28.7 Å². The predicted molar refractivity (Wildman–Crippen MR) is 107 cm³/mol. The van der Waals surface area contributed by atoms with Crippen molar-refractivity contribution in [3.8, 4) is 11.5 Å². The SMILES string of the molecule is COc1cc2c(cc1OC)CN(C1CCCN(Cc3ccc(CO)o3)C1)CC2. The van der Waals surface area contributed by atoms with Crippen molar-refractivity contribution in [3.63, 3.8) is 0 Å². The molecule has 3 heterocycles. The maximum atomic E-state index is 9.19. The number of benzene rings is 1. The fourth-order valence-corrected chi connectivity index (χ4v) is 4.50. The second-order valence-electron chi connectivity index (χ2n) is 7.75. The topological polar surface area (TPSA) is 58.3 Å². The summed E-state index contributed by atoms with van der Waals surface area (Å²) >= 11 is 0. The molecule has 0 amide bonds. The van der Waals surface area contributed by atoms with E-state index in [0.29, 0.717) is 11.8 Å². The Hall–Kier alpha value is -2.02. The first-order chi connectivity index (χ1) is 13.7. The average Bonchev–Trinajstić information content (AvgIpc) is 3.20. The summed E-state index contributed by atoms with van der Waals surface area (Å²) in [5.74, 6) is 3.20. The number of furan rings is 1. The lowest BCUT2D eigenvalue weighted by atomic mass is 9.95. The molecule has 28 heavy (non-hydrogen) atoms. The van der Waals surface area contributed by atoms with Gasteiger partial charge in [0.15, 0.2) is 11.5 Å². The van der Waals surface area contributed by atoms with E-state index >= 15 is 0 Å². The van der Waals surface area contributed by atoms with Crippen LogP contribution in [0.2, 0.25) is 0 Å². The van der Waals surface area contributed by atoms with Gasteiger partial charge in [0.1, 0.15) is 18.1 Å². The third-order valence-electron chi connectivity index (χ3n) is 6.00. The van der Waals surface area contributed by atoms with Gasteiger partial charge in [0.2, 0.25) is 0 Å². The first kappa shape index (κ1) is 19.3. The van der Waals surface area contributed by atoms with Crippen molar-refractivity contribution in [2.75, 3.05) is 33.9 Å². The number of aliphatic hydroxyl groups excluding tert-OH is 1. The van der Waals surface area contributed by atoms with E-state index in [1.165, 1.54) is 24.0 Å². The molecule has 6 nitrogen and oxygen atoms in total. The molecule has 0 saturated carbocycles. The minimum atomic E-state index is -0.0376. The fraction of sp³-hybridized carbons (Fsp3) is 0.545. The van der Waals surface area contributed by atoms with Crippen molar-refractivity contribution in [2.24, 2.45) is 0 Å². The zero-order valence-electron chi connectivity index (χ0n) is 16.8. The monoisotopic (exact) mass is 386 g/mol. The summed E-state index contributed by atoms with van der Waals surface area (Å²) in [6, 6.07) is 8.67. The highest BCUT2D eigenvalue weighted by molar-refractivity contribution is 5.48. The number of ether oxygens (including phenoxy) is 2. The van der Waals surface area contributed by atoms with Gasteiger partial charge in [-0.05, 0) is 61.2 Å². The zero-order chi connectivity index (χ0) is 19.5. The van der Waals surface area contributed by atoms with Crippen LogP contribution in [-0.4, -0.2) is 54.8 Å². The van der Waals surface area contributed by atoms with Gasteiger partial charge >= 0.3 is 0 Å². The van der Waals surface area contributed by atoms with Crippen LogP contribution in [0.4, 0.5) is 0 Å². The van der Waals surface area contributed by atoms with Gasteiger partial charge in [-0.15, -0.1) is 0 Å². The van der Waals surface area contributed by atoms with Crippen LogP contribution in [0, 0.1) is 0 Å². The molecule has 6 heteroatoms. The molecule has 2 aromatic rings. The first-order valence-electron chi connectivity index (χ1n) is 10.1. The molecule has 1 atom stereocenters. The lowest BCUT2D eigenvalue weighted by molar-refractivity contribution is 0.0794. The van der Waals surface area contributed by atoms with Crippen molar-refractivity contribution in [1.82, 2.24) is 9.80 Å². The Morgan fingerprint density at radius 1 is 1.07 bits per heavy atom. The van der Waals surface area contributed by atoms with Crippen LogP contribution < -0.4 is 9.47 Å². The Labute approximate surface area is 166 Å². The molecule has 0 bridgehead atoms. The van der Waals surface area contributed by atoms with Crippen molar-refractivity contribution < 1.29 is 19.0 Å². The van der Waals surface area contributed by atoms with Crippen molar-refractivity contribution in [1.29, 1.82) is 0 Å². The van der Waals surface area contributed by atoms with E-state index in [4.69, 9.17) is 13.9 Å². The third-order valence-corrected chi connectivity index (χ3v) is 6.00. The lowest BCUT2D eigenvalue weighted by Crippen LogP contribution is -2.49. The van der Waals surface area contributed by atoms with E-state index in [0.717, 1.165) is 56.4 Å². The number of methoxy groups -OCH3 is 2. The van der Waals surface area contributed by atoms with E-state index in [-0.39, 0.29) is 6.61 Å². The summed E-state index contributed by atoms with van der Waals surface area (Å²) in [7, 11) is 3.39. The van der Waals surface area contributed by atoms with Crippen molar-refractivity contribution in [2.45, 2.75) is 45.0 Å². The number of hydrogen-bond acceptors (Lipinski definition) is 6. The highest BCUT2D eigenvalue weighted by Gasteiger charge is 2.29. The summed E-state index contributed by atoms with van der Waals surface area (Å²) in [5.41, 5.74) is 2.72. The van der Waals surface area contributed by atoms with Gasteiger partial charge in [0.05, 0.1) is 20.8 Å². The Bertz CT molecular complexity index is 804. The van der Waals surface area contributed by atoms with Gasteiger partial charge in [-0.1, -0.05) is 0 Å². The van der Waals surface area contributed by atoms with Gasteiger partial charge in [-0.2, -0.15) is 0 Å². The van der Waals surface area contributed by atoms with E-state index in [1.807, 2.05) is 12.1 Å². The maximum absolute atomic E-state index is 9.19. The number of nitrogens with zero attached hydrogens (tertiary/aromatic N) is 2. The number of aliphatic hydroxyl groups is 1. The van der Waals surface area contributed by atoms with E-state index in [9.17, 15) is 5.11 Å². The number of rotatable bonds is 6. The molecule has 152 valence electrons. The average molecular weight is 386 g/mol. The molecule has 1 fully saturated rings. The molecule has 4 rings (SSSR count). The predicted octanol–water partition coefficient (Wildman–Crippen LogP) is 2.81. The number of fused-ring (bicyclic) bond motifs is 1. The largest absolute Gasteiger partial charge is 0.493 e. The van der Waals surface area contributed by atoms with Gasteiger partial charge in [-0.3, -0.25) is 9.80 Å². The van der Waals surface area contributed by atoms with Crippen LogP contribution in [-0.2, 0) is 26.1 Å². The molecule has 0 radical (unpaired) electrons. The van der Waals surface area contributed by atoms with Gasteiger partial charge in [0.25, 0.3) is 0 Å². The smallest absolute Gasteiger partial charge is 0.161 e. The summed E-state index contributed by atoms with van der Waals surface area (Å²) in [4.78, 5) is 5.08. The van der Waals surface area contributed by atoms with E-state index in [1.54, 1.807) is 14.2 Å². The van der Waals surface area contributed by atoms with Crippen LogP contribution in [0.3, 0.4) is 0 Å². The number of likely N-dealkylation sites (tertiary alicyclic amines) is 1. The van der Waals surface area contributed by atoms with Crippen molar-refractivity contribution in [3.05, 3.63) is 46.9 Å². The van der Waals surface area contributed by atoms with Crippen molar-refractivity contribution >= 4 is 0 Å². The summed E-state index contributed by atoms with van der Waals surface area (Å²) in [6.45, 7) is 4.97. The molecule has 1 aromatic heterocycles. The minimum Gasteiger partial charge on any atom is -0.493 e. The minimum absolute atomic E-state index is 0.0376. The van der Waals surface area contributed by atoms with Crippen LogP contribution in [0.25, 0.3) is 0 Å². The normalized spacial score (nSPS) is 20.8. The molecule has 2 aliphatic rings. The van der Waals surface area contributed by atoms with Crippen LogP contribution in [0.1, 0.15) is 35.5 Å². The molecule has 2 aliphatic heterocycles. The summed E-state index contributed by atoms with van der Waals surface area (Å²) in [5, 5.41) is 9.19. The van der Waals surface area contributed by atoms with Crippen LogP contribution >= 0.6 is 0 Å². The van der Waals surface area contributed by atoms with Gasteiger partial charge < -0.3 is 19.0 Å². The quantitative estimate of drug-likeness (QED) is 0.824.